The van der Waals surface area contributed by atoms with Gasteiger partial charge in [0.2, 0.25) is 0 Å². The lowest BCUT2D eigenvalue weighted by atomic mass is 10.1. The van der Waals surface area contributed by atoms with Crippen LogP contribution >= 0.6 is 0 Å². The largest absolute Gasteiger partial charge is 0.379 e. The molecular weight excluding hydrogens is 238 g/mol. The second-order valence-electron chi connectivity index (χ2n) is 5.30. The highest BCUT2D eigenvalue weighted by molar-refractivity contribution is 5.24. The molecule has 0 amide bonds. The molecular formula is C16H27NO2. The lowest BCUT2D eigenvalue weighted by molar-refractivity contribution is 0.0309. The summed E-state index contributed by atoms with van der Waals surface area (Å²) in [7, 11) is 1.96. The fourth-order valence-corrected chi connectivity index (χ4v) is 1.78. The van der Waals surface area contributed by atoms with Gasteiger partial charge in [-0.1, -0.05) is 43.7 Å². The van der Waals surface area contributed by atoms with E-state index in [0.29, 0.717) is 25.7 Å². The number of aryl methyl sites for hydroxylation is 1. The highest BCUT2D eigenvalue weighted by Crippen LogP contribution is 2.13. The Labute approximate surface area is 117 Å². The summed E-state index contributed by atoms with van der Waals surface area (Å²) in [6, 6.07) is 8.80. The molecule has 0 saturated carbocycles. The molecule has 0 aliphatic rings. The van der Waals surface area contributed by atoms with Gasteiger partial charge >= 0.3 is 0 Å². The van der Waals surface area contributed by atoms with Crippen LogP contribution in [0.3, 0.4) is 0 Å². The molecule has 0 aliphatic carbocycles. The lowest BCUT2D eigenvalue weighted by Gasteiger charge is -2.17. The first-order chi connectivity index (χ1) is 9.13. The Bertz CT molecular complexity index is 335. The molecule has 1 unspecified atom stereocenters. The van der Waals surface area contributed by atoms with E-state index in [1.165, 1.54) is 11.1 Å². The zero-order chi connectivity index (χ0) is 14.1. The number of rotatable bonds is 9. The van der Waals surface area contributed by atoms with Crippen LogP contribution in [0.25, 0.3) is 0 Å². The van der Waals surface area contributed by atoms with Crippen molar-refractivity contribution in [3.05, 3.63) is 35.4 Å². The third kappa shape index (κ3) is 6.71. The molecule has 0 aromatic heterocycles. The van der Waals surface area contributed by atoms with Gasteiger partial charge in [0.25, 0.3) is 0 Å². The maximum absolute atomic E-state index is 5.67. The van der Waals surface area contributed by atoms with E-state index in [9.17, 15) is 0 Å². The molecule has 0 spiro atoms. The van der Waals surface area contributed by atoms with E-state index in [1.807, 2.05) is 7.05 Å². The molecule has 3 heteroatoms. The number of ether oxygens (including phenoxy) is 2. The van der Waals surface area contributed by atoms with Gasteiger partial charge in [-0.25, -0.2) is 0 Å². The smallest absolute Gasteiger partial charge is 0.0701 e. The Morgan fingerprint density at radius 1 is 1.00 bits per heavy atom. The van der Waals surface area contributed by atoms with Crippen LogP contribution in [0.5, 0.6) is 0 Å². The van der Waals surface area contributed by atoms with Crippen LogP contribution in [-0.2, 0) is 9.47 Å². The van der Waals surface area contributed by atoms with Gasteiger partial charge in [-0.3, -0.25) is 0 Å². The molecule has 0 saturated heterocycles. The van der Waals surface area contributed by atoms with E-state index in [0.717, 1.165) is 6.61 Å². The molecule has 1 aromatic carbocycles. The normalized spacial score (nSPS) is 12.9. The zero-order valence-electron chi connectivity index (χ0n) is 12.6. The van der Waals surface area contributed by atoms with Crippen molar-refractivity contribution < 1.29 is 9.47 Å². The van der Waals surface area contributed by atoms with Crippen molar-refractivity contribution in [1.29, 1.82) is 0 Å². The van der Waals surface area contributed by atoms with Crippen molar-refractivity contribution in [3.8, 4) is 0 Å². The molecule has 0 aliphatic heterocycles. The van der Waals surface area contributed by atoms with Gasteiger partial charge in [0.1, 0.15) is 0 Å². The molecule has 0 heterocycles. The van der Waals surface area contributed by atoms with Crippen molar-refractivity contribution in [1.82, 2.24) is 5.32 Å². The van der Waals surface area contributed by atoms with Crippen LogP contribution in [0.1, 0.15) is 31.0 Å². The van der Waals surface area contributed by atoms with Crippen molar-refractivity contribution in [2.24, 2.45) is 5.92 Å². The second-order valence-corrected chi connectivity index (χ2v) is 5.30. The van der Waals surface area contributed by atoms with Crippen LogP contribution in [0.15, 0.2) is 24.3 Å². The van der Waals surface area contributed by atoms with Crippen LogP contribution in [-0.4, -0.2) is 33.5 Å². The van der Waals surface area contributed by atoms with Gasteiger partial charge in [0.05, 0.1) is 25.9 Å². The van der Waals surface area contributed by atoms with Crippen molar-refractivity contribution >= 4 is 0 Å². The van der Waals surface area contributed by atoms with Gasteiger partial charge in [-0.15, -0.1) is 0 Å². The molecule has 1 aromatic rings. The summed E-state index contributed by atoms with van der Waals surface area (Å²) < 4.78 is 11.2. The average molecular weight is 265 g/mol. The molecule has 108 valence electrons. The quantitative estimate of drug-likeness (QED) is 0.696. The third-order valence-corrected chi connectivity index (χ3v) is 2.94. The number of hydrogen-bond acceptors (Lipinski definition) is 3. The van der Waals surface area contributed by atoms with E-state index in [-0.39, 0.29) is 6.04 Å². The van der Waals surface area contributed by atoms with Crippen LogP contribution in [0.2, 0.25) is 0 Å². The summed E-state index contributed by atoms with van der Waals surface area (Å²) in [6.07, 6.45) is 0. The van der Waals surface area contributed by atoms with Crippen molar-refractivity contribution in [2.45, 2.75) is 26.8 Å². The van der Waals surface area contributed by atoms with Crippen LogP contribution in [0.4, 0.5) is 0 Å². The highest BCUT2D eigenvalue weighted by atomic mass is 16.5. The fraction of sp³-hybridized carbons (Fsp3) is 0.625. The Morgan fingerprint density at radius 2 is 1.58 bits per heavy atom. The summed E-state index contributed by atoms with van der Waals surface area (Å²) in [5, 5.41) is 3.28. The summed E-state index contributed by atoms with van der Waals surface area (Å²) in [6.45, 7) is 9.19. The Balaban J connectivity index is 2.24. The van der Waals surface area contributed by atoms with E-state index in [1.54, 1.807) is 0 Å². The first-order valence-corrected chi connectivity index (χ1v) is 7.02. The molecule has 0 radical (unpaired) electrons. The second kappa shape index (κ2) is 9.08. The minimum atomic E-state index is 0.241. The fourth-order valence-electron chi connectivity index (χ4n) is 1.78. The van der Waals surface area contributed by atoms with E-state index >= 15 is 0 Å². The van der Waals surface area contributed by atoms with Gasteiger partial charge in [0, 0.05) is 6.61 Å². The van der Waals surface area contributed by atoms with E-state index in [2.05, 4.69) is 50.4 Å². The molecule has 19 heavy (non-hydrogen) atoms. The first-order valence-electron chi connectivity index (χ1n) is 7.02. The molecule has 1 N–H and O–H groups in total. The topological polar surface area (TPSA) is 30.5 Å². The Kier molecular flexibility index (Phi) is 7.72. The summed E-state index contributed by atoms with van der Waals surface area (Å²) in [5.41, 5.74) is 2.54. The number of hydrogen-bond donors (Lipinski definition) is 1. The maximum atomic E-state index is 5.67. The first kappa shape index (κ1) is 16.2. The Hall–Kier alpha value is -0.900. The average Bonchev–Trinajstić information content (AvgIpc) is 2.39. The van der Waals surface area contributed by atoms with Crippen molar-refractivity contribution in [2.75, 3.05) is 33.5 Å². The number of benzene rings is 1. The van der Waals surface area contributed by atoms with Gasteiger partial charge in [-0.05, 0) is 25.5 Å². The predicted octanol–water partition coefficient (Wildman–Crippen LogP) is 2.94. The maximum Gasteiger partial charge on any atom is 0.0701 e. The molecule has 0 bridgehead atoms. The highest BCUT2D eigenvalue weighted by Gasteiger charge is 2.08. The van der Waals surface area contributed by atoms with Gasteiger partial charge < -0.3 is 14.8 Å². The minimum absolute atomic E-state index is 0.241. The van der Waals surface area contributed by atoms with E-state index < -0.39 is 0 Å². The SMILES string of the molecule is CNC(COCCOCC(C)C)c1ccc(C)cc1. The Morgan fingerprint density at radius 3 is 2.11 bits per heavy atom. The summed E-state index contributed by atoms with van der Waals surface area (Å²) >= 11 is 0. The third-order valence-electron chi connectivity index (χ3n) is 2.94. The van der Waals surface area contributed by atoms with E-state index in [4.69, 9.17) is 9.47 Å². The predicted molar refractivity (Wildman–Crippen MR) is 79.5 cm³/mol. The molecule has 0 fully saturated rings. The van der Waals surface area contributed by atoms with Gasteiger partial charge in [0.15, 0.2) is 0 Å². The lowest BCUT2D eigenvalue weighted by Crippen LogP contribution is -2.23. The molecule has 1 rings (SSSR count). The monoisotopic (exact) mass is 265 g/mol. The summed E-state index contributed by atoms with van der Waals surface area (Å²) in [4.78, 5) is 0. The van der Waals surface area contributed by atoms with Crippen molar-refractivity contribution in [3.63, 3.8) is 0 Å². The van der Waals surface area contributed by atoms with Gasteiger partial charge in [-0.2, -0.15) is 0 Å². The van der Waals surface area contributed by atoms with Crippen LogP contribution < -0.4 is 5.32 Å². The zero-order valence-corrected chi connectivity index (χ0v) is 12.6. The summed E-state index contributed by atoms with van der Waals surface area (Å²) in [5.74, 6) is 0.581. The minimum Gasteiger partial charge on any atom is -0.379 e. The van der Waals surface area contributed by atoms with Crippen LogP contribution in [0, 0.1) is 12.8 Å². The number of likely N-dealkylation sites (N-methyl/N-ethyl adjacent to an activating group) is 1. The number of nitrogens with one attached hydrogen (secondary N) is 1. The molecule has 3 nitrogen and oxygen atoms in total. The standard InChI is InChI=1S/C16H27NO2/c1-13(2)11-18-9-10-19-12-16(17-4)15-7-5-14(3)6-8-15/h5-8,13,16-17H,9-12H2,1-4H3. The molecule has 1 atom stereocenters.